The zero-order valence-electron chi connectivity index (χ0n) is 18.8. The van der Waals surface area contributed by atoms with Crippen LogP contribution in [0, 0.1) is 17.4 Å². The zero-order valence-corrected chi connectivity index (χ0v) is 21.7. The van der Waals surface area contributed by atoms with E-state index in [0.29, 0.717) is 17.1 Å². The van der Waals surface area contributed by atoms with Crippen molar-refractivity contribution in [1.82, 2.24) is 0 Å². The first-order chi connectivity index (χ1) is 15.6. The SMILES string of the molecule is COc1ccc(S(=O)(=O)N(CC(=O)Nc2ccc(I)cc2C)c2ccc(C)cc2)cc1OC. The first kappa shape index (κ1) is 24.8. The van der Waals surface area contributed by atoms with Crippen molar-refractivity contribution in [2.24, 2.45) is 0 Å². The minimum atomic E-state index is -4.09. The van der Waals surface area contributed by atoms with Crippen LogP contribution in [0.4, 0.5) is 11.4 Å². The molecule has 0 radical (unpaired) electrons. The molecule has 1 N–H and O–H groups in total. The molecule has 3 aromatic carbocycles. The topological polar surface area (TPSA) is 84.9 Å². The molecule has 0 aromatic heterocycles. The summed E-state index contributed by atoms with van der Waals surface area (Å²) in [5.74, 6) is 0.232. The Labute approximate surface area is 207 Å². The third-order valence-electron chi connectivity index (χ3n) is 5.01. The van der Waals surface area contributed by atoms with Crippen LogP contribution in [0.2, 0.25) is 0 Å². The fourth-order valence-corrected chi connectivity index (χ4v) is 5.30. The van der Waals surface area contributed by atoms with Crippen molar-refractivity contribution in [3.05, 3.63) is 75.4 Å². The molecule has 0 aliphatic heterocycles. The summed E-state index contributed by atoms with van der Waals surface area (Å²) in [4.78, 5) is 12.9. The first-order valence-corrected chi connectivity index (χ1v) is 12.5. The highest BCUT2D eigenvalue weighted by molar-refractivity contribution is 14.1. The number of hydrogen-bond donors (Lipinski definition) is 1. The molecule has 0 heterocycles. The quantitative estimate of drug-likeness (QED) is 0.389. The van der Waals surface area contributed by atoms with E-state index in [0.717, 1.165) is 19.0 Å². The molecule has 0 aliphatic rings. The molecular formula is C24H25IN2O5S. The number of nitrogens with one attached hydrogen (secondary N) is 1. The van der Waals surface area contributed by atoms with Crippen LogP contribution in [-0.2, 0) is 14.8 Å². The Morgan fingerprint density at radius 2 is 1.61 bits per heavy atom. The van der Waals surface area contributed by atoms with Gasteiger partial charge in [-0.1, -0.05) is 17.7 Å². The highest BCUT2D eigenvalue weighted by atomic mass is 127. The predicted octanol–water partition coefficient (Wildman–Crippen LogP) is 4.76. The maximum Gasteiger partial charge on any atom is 0.264 e. The largest absolute Gasteiger partial charge is 0.493 e. The number of ether oxygens (including phenoxy) is 2. The Hall–Kier alpha value is -2.79. The molecule has 0 bridgehead atoms. The first-order valence-electron chi connectivity index (χ1n) is 10.0. The standard InChI is InChI=1S/C24H25IN2O5S/c1-16-5-8-19(9-6-16)27(15-24(28)26-21-11-7-18(25)13-17(21)2)33(29,30)20-10-12-22(31-3)23(14-20)32-4/h5-14H,15H2,1-4H3,(H,26,28). The number of rotatable bonds is 8. The molecular weight excluding hydrogens is 555 g/mol. The van der Waals surface area contributed by atoms with E-state index in [1.807, 2.05) is 26.0 Å². The van der Waals surface area contributed by atoms with E-state index in [-0.39, 0.29) is 10.6 Å². The summed E-state index contributed by atoms with van der Waals surface area (Å²) in [6.07, 6.45) is 0. The minimum Gasteiger partial charge on any atom is -0.493 e. The van der Waals surface area contributed by atoms with E-state index >= 15 is 0 Å². The Morgan fingerprint density at radius 3 is 2.21 bits per heavy atom. The van der Waals surface area contributed by atoms with E-state index < -0.39 is 22.5 Å². The Kier molecular flexibility index (Phi) is 7.85. The number of halogens is 1. The van der Waals surface area contributed by atoms with Crippen LogP contribution < -0.4 is 19.1 Å². The highest BCUT2D eigenvalue weighted by Crippen LogP contribution is 2.32. The summed E-state index contributed by atoms with van der Waals surface area (Å²) in [7, 11) is -1.19. The van der Waals surface area contributed by atoms with Gasteiger partial charge in [0.2, 0.25) is 5.91 Å². The van der Waals surface area contributed by atoms with Crippen molar-refractivity contribution >= 4 is 49.9 Å². The van der Waals surface area contributed by atoms with Crippen LogP contribution in [0.3, 0.4) is 0 Å². The second-order valence-corrected chi connectivity index (χ2v) is 10.5. The van der Waals surface area contributed by atoms with Gasteiger partial charge >= 0.3 is 0 Å². The summed E-state index contributed by atoms with van der Waals surface area (Å²) in [5, 5.41) is 2.82. The summed E-state index contributed by atoms with van der Waals surface area (Å²) in [6.45, 7) is 3.39. The molecule has 0 saturated carbocycles. The van der Waals surface area contributed by atoms with Crippen molar-refractivity contribution in [2.75, 3.05) is 30.4 Å². The number of carbonyl (C=O) groups excluding carboxylic acids is 1. The number of anilines is 2. The number of amides is 1. The molecule has 3 aromatic rings. The van der Waals surface area contributed by atoms with E-state index in [4.69, 9.17) is 9.47 Å². The van der Waals surface area contributed by atoms with Crippen molar-refractivity contribution in [3.63, 3.8) is 0 Å². The average Bonchev–Trinajstić information content (AvgIpc) is 2.79. The van der Waals surface area contributed by atoms with Gasteiger partial charge in [0.05, 0.1) is 24.8 Å². The second kappa shape index (κ2) is 10.4. The van der Waals surface area contributed by atoms with Gasteiger partial charge in [-0.2, -0.15) is 0 Å². The maximum absolute atomic E-state index is 13.6. The fourth-order valence-electron chi connectivity index (χ4n) is 3.22. The van der Waals surface area contributed by atoms with Crippen LogP contribution in [0.5, 0.6) is 11.5 Å². The molecule has 0 aliphatic carbocycles. The number of sulfonamides is 1. The van der Waals surface area contributed by atoms with Gasteiger partial charge in [-0.25, -0.2) is 8.42 Å². The minimum absolute atomic E-state index is 0.0148. The van der Waals surface area contributed by atoms with Crippen LogP contribution in [0.15, 0.2) is 65.6 Å². The predicted molar refractivity (Wildman–Crippen MR) is 138 cm³/mol. The van der Waals surface area contributed by atoms with Gasteiger partial charge in [-0.3, -0.25) is 9.10 Å². The Morgan fingerprint density at radius 1 is 0.939 bits per heavy atom. The summed E-state index contributed by atoms with van der Waals surface area (Å²) >= 11 is 2.19. The molecule has 0 atom stereocenters. The average molecular weight is 580 g/mol. The van der Waals surface area contributed by atoms with Gasteiger partial charge in [0.15, 0.2) is 11.5 Å². The Balaban J connectivity index is 1.99. The second-order valence-electron chi connectivity index (χ2n) is 7.37. The molecule has 0 spiro atoms. The molecule has 33 heavy (non-hydrogen) atoms. The van der Waals surface area contributed by atoms with E-state index in [1.54, 1.807) is 30.3 Å². The maximum atomic E-state index is 13.6. The highest BCUT2D eigenvalue weighted by Gasteiger charge is 2.28. The van der Waals surface area contributed by atoms with Crippen molar-refractivity contribution in [3.8, 4) is 11.5 Å². The lowest BCUT2D eigenvalue weighted by molar-refractivity contribution is -0.114. The van der Waals surface area contributed by atoms with Crippen LogP contribution in [0.1, 0.15) is 11.1 Å². The molecule has 0 saturated heterocycles. The molecule has 7 nitrogen and oxygen atoms in total. The number of carbonyl (C=O) groups is 1. The van der Waals surface area contributed by atoms with Gasteiger partial charge in [0, 0.05) is 15.3 Å². The van der Waals surface area contributed by atoms with Gasteiger partial charge in [-0.15, -0.1) is 0 Å². The third-order valence-corrected chi connectivity index (χ3v) is 7.46. The number of benzene rings is 3. The van der Waals surface area contributed by atoms with Crippen molar-refractivity contribution in [2.45, 2.75) is 18.7 Å². The molecule has 174 valence electrons. The van der Waals surface area contributed by atoms with Gasteiger partial charge in [-0.05, 0) is 84.5 Å². The van der Waals surface area contributed by atoms with Crippen LogP contribution >= 0.6 is 22.6 Å². The van der Waals surface area contributed by atoms with E-state index in [1.165, 1.54) is 32.4 Å². The Bertz CT molecular complexity index is 1260. The smallest absolute Gasteiger partial charge is 0.264 e. The number of aryl methyl sites for hydroxylation is 2. The third kappa shape index (κ3) is 5.77. The lowest BCUT2D eigenvalue weighted by Gasteiger charge is -2.25. The van der Waals surface area contributed by atoms with E-state index in [2.05, 4.69) is 27.9 Å². The van der Waals surface area contributed by atoms with Crippen LogP contribution in [-0.4, -0.2) is 35.1 Å². The zero-order chi connectivity index (χ0) is 24.2. The lowest BCUT2D eigenvalue weighted by atomic mass is 10.2. The van der Waals surface area contributed by atoms with Gasteiger partial charge < -0.3 is 14.8 Å². The summed E-state index contributed by atoms with van der Waals surface area (Å²) < 4.78 is 39.9. The van der Waals surface area contributed by atoms with Crippen molar-refractivity contribution < 1.29 is 22.7 Å². The molecule has 3 rings (SSSR count). The van der Waals surface area contributed by atoms with Gasteiger partial charge in [0.1, 0.15) is 6.54 Å². The number of nitrogens with zero attached hydrogens (tertiary/aromatic N) is 1. The fraction of sp³-hybridized carbons (Fsp3) is 0.208. The van der Waals surface area contributed by atoms with Gasteiger partial charge in [0.25, 0.3) is 10.0 Å². The lowest BCUT2D eigenvalue weighted by Crippen LogP contribution is -2.38. The van der Waals surface area contributed by atoms with Crippen LogP contribution in [0.25, 0.3) is 0 Å². The summed E-state index contributed by atoms with van der Waals surface area (Å²) in [5.41, 5.74) is 2.87. The monoisotopic (exact) mass is 580 g/mol. The number of hydrogen-bond acceptors (Lipinski definition) is 5. The number of methoxy groups -OCH3 is 2. The van der Waals surface area contributed by atoms with Crippen molar-refractivity contribution in [1.29, 1.82) is 0 Å². The van der Waals surface area contributed by atoms with E-state index in [9.17, 15) is 13.2 Å². The molecule has 0 unspecified atom stereocenters. The molecule has 0 fully saturated rings. The molecule has 9 heteroatoms. The molecule has 1 amide bonds. The summed E-state index contributed by atoms with van der Waals surface area (Å²) in [6, 6.07) is 16.9. The normalized spacial score (nSPS) is 11.1.